The lowest BCUT2D eigenvalue weighted by molar-refractivity contribution is -0.149. The van der Waals surface area contributed by atoms with Crippen LogP contribution in [0.25, 0.3) is 0 Å². The first-order valence-electron chi connectivity index (χ1n) is 30.4. The van der Waals surface area contributed by atoms with E-state index in [-0.39, 0.29) is 29.7 Å². The van der Waals surface area contributed by atoms with Gasteiger partial charge in [-0.3, -0.25) is 9.59 Å². The number of carbonyl (C=O) groups excluding carboxylic acids is 3. The molecule has 7 heteroatoms. The Balaban J connectivity index is 2.57. The summed E-state index contributed by atoms with van der Waals surface area (Å²) in [5.41, 5.74) is 0. The monoisotopic (exact) mass is 960 g/mol. The van der Waals surface area contributed by atoms with Gasteiger partial charge in [0.2, 0.25) is 0 Å². The van der Waals surface area contributed by atoms with Crippen molar-refractivity contribution in [3.8, 4) is 0 Å². The maximum absolute atomic E-state index is 13.0. The van der Waals surface area contributed by atoms with Crippen LogP contribution in [0.4, 0.5) is 0 Å². The lowest BCUT2D eigenvalue weighted by atomic mass is 9.91. The van der Waals surface area contributed by atoms with Crippen molar-refractivity contribution in [3.63, 3.8) is 0 Å². The van der Waals surface area contributed by atoms with E-state index in [9.17, 15) is 14.4 Å². The van der Waals surface area contributed by atoms with Crippen molar-refractivity contribution in [2.45, 2.75) is 297 Å². The average molecular weight is 961 g/mol. The molecule has 0 saturated carbocycles. The fourth-order valence-corrected chi connectivity index (χ4v) is 10.6. The second-order valence-electron chi connectivity index (χ2n) is 22.1. The van der Waals surface area contributed by atoms with E-state index < -0.39 is 0 Å². The van der Waals surface area contributed by atoms with E-state index in [2.05, 4.69) is 39.6 Å². The number of unbranched alkanes of at least 4 members (excludes halogenated alkanes) is 25. The molecule has 0 amide bonds. The van der Waals surface area contributed by atoms with E-state index in [1.54, 1.807) is 0 Å². The maximum Gasteiger partial charge on any atom is 0.310 e. The van der Waals surface area contributed by atoms with Crippen LogP contribution < -0.4 is 0 Å². The first-order chi connectivity index (χ1) is 33.4. The molecular formula is C61H117NO6. The summed E-state index contributed by atoms with van der Waals surface area (Å²) >= 11 is 0. The average Bonchev–Trinajstić information content (AvgIpc) is 3.79. The highest BCUT2D eigenvalue weighted by Gasteiger charge is 2.28. The van der Waals surface area contributed by atoms with Gasteiger partial charge in [0.15, 0.2) is 0 Å². The molecule has 7 nitrogen and oxygen atoms in total. The van der Waals surface area contributed by atoms with Crippen molar-refractivity contribution < 1.29 is 28.6 Å². The van der Waals surface area contributed by atoms with Crippen LogP contribution in [0.15, 0.2) is 0 Å². The number of aldehydes is 1. The fourth-order valence-electron chi connectivity index (χ4n) is 10.6. The Morgan fingerprint density at radius 1 is 0.471 bits per heavy atom. The van der Waals surface area contributed by atoms with Gasteiger partial charge in [0.1, 0.15) is 6.29 Å². The summed E-state index contributed by atoms with van der Waals surface area (Å²) in [7, 11) is 2.06. The van der Waals surface area contributed by atoms with E-state index in [0.717, 1.165) is 89.7 Å². The summed E-state index contributed by atoms with van der Waals surface area (Å²) in [6.45, 7) is 13.1. The highest BCUT2D eigenvalue weighted by Crippen LogP contribution is 2.26. The number of hydrogen-bond acceptors (Lipinski definition) is 7. The Hall–Kier alpha value is -1.47. The first kappa shape index (κ1) is 64.5. The van der Waals surface area contributed by atoms with Gasteiger partial charge in [-0.1, -0.05) is 246 Å². The molecule has 0 aliphatic carbocycles. The van der Waals surface area contributed by atoms with Gasteiger partial charge in [-0.2, -0.15) is 0 Å². The molecule has 0 N–H and O–H groups in total. The summed E-state index contributed by atoms with van der Waals surface area (Å²) < 4.78 is 18.0. The maximum atomic E-state index is 13.0. The quantitative estimate of drug-likeness (QED) is 0.0341. The van der Waals surface area contributed by atoms with Crippen molar-refractivity contribution in [1.29, 1.82) is 0 Å². The standard InChI is InChI=1S/C61H117NO6/c1-6-10-14-18-22-26-30-37-55(38-31-27-23-19-15-11-7-2)46-49-66-53-58(52-63)43-36-42-57(54-68-61(65)59-45-48-62(5)51-59)41-34-35-44-60(64)67-50-47-56(39-32-28-24-20-16-12-8-3)40-33-29-25-21-17-13-9-4/h52,55-59H,6-51,53-54H2,1-5H3. The number of nitrogens with zero attached hydrogens (tertiary/aromatic N) is 1. The molecule has 1 aliphatic heterocycles. The Morgan fingerprint density at radius 2 is 0.882 bits per heavy atom. The molecule has 3 atom stereocenters. The molecule has 1 rings (SSSR count). The lowest BCUT2D eigenvalue weighted by Gasteiger charge is -2.20. The molecule has 68 heavy (non-hydrogen) atoms. The molecule has 0 bridgehead atoms. The Bertz CT molecular complexity index is 1060. The largest absolute Gasteiger partial charge is 0.466 e. The molecule has 3 unspecified atom stereocenters. The van der Waals surface area contributed by atoms with Crippen LogP contribution in [-0.4, -0.2) is 69.7 Å². The van der Waals surface area contributed by atoms with Crippen molar-refractivity contribution in [1.82, 2.24) is 4.90 Å². The number of ether oxygens (including phenoxy) is 3. The van der Waals surface area contributed by atoms with Crippen molar-refractivity contribution in [3.05, 3.63) is 0 Å². The van der Waals surface area contributed by atoms with Crippen LogP contribution in [0, 0.1) is 29.6 Å². The molecule has 0 aromatic heterocycles. The van der Waals surface area contributed by atoms with Gasteiger partial charge in [0, 0.05) is 25.5 Å². The zero-order chi connectivity index (χ0) is 49.4. The molecule has 1 saturated heterocycles. The Labute approximate surface area is 423 Å². The van der Waals surface area contributed by atoms with E-state index in [0.29, 0.717) is 32.2 Å². The molecule has 1 heterocycles. The molecule has 1 fully saturated rings. The minimum atomic E-state index is -0.0996. The predicted octanol–water partition coefficient (Wildman–Crippen LogP) is 17.8. The van der Waals surface area contributed by atoms with Crippen LogP contribution in [0.2, 0.25) is 0 Å². The van der Waals surface area contributed by atoms with Gasteiger partial charge < -0.3 is 23.9 Å². The van der Waals surface area contributed by atoms with Gasteiger partial charge in [-0.25, -0.2) is 0 Å². The molecular weight excluding hydrogens is 843 g/mol. The van der Waals surface area contributed by atoms with E-state index in [1.807, 2.05) is 0 Å². The van der Waals surface area contributed by atoms with Gasteiger partial charge >= 0.3 is 11.9 Å². The van der Waals surface area contributed by atoms with E-state index >= 15 is 0 Å². The van der Waals surface area contributed by atoms with Crippen LogP contribution in [-0.2, 0) is 28.6 Å². The summed E-state index contributed by atoms with van der Waals surface area (Å²) in [6, 6.07) is 0. The minimum Gasteiger partial charge on any atom is -0.466 e. The van der Waals surface area contributed by atoms with Crippen LogP contribution in [0.5, 0.6) is 0 Å². The predicted molar refractivity (Wildman–Crippen MR) is 290 cm³/mol. The normalized spacial score (nSPS) is 15.1. The molecule has 0 spiro atoms. The SMILES string of the molecule is CCCCCCCCCC(CCCCCCCCC)CCOCC(C=O)CCCC(CCCCC(=O)OCCC(CCCCCCCCC)CCCCCCCCC)COC(=O)C1CCN(C)C1. The molecule has 402 valence electrons. The van der Waals surface area contributed by atoms with Gasteiger partial charge in [-0.05, 0) is 76.3 Å². The molecule has 0 radical (unpaired) electrons. The summed E-state index contributed by atoms with van der Waals surface area (Å²) in [6.07, 6.45) is 52.7. The minimum absolute atomic E-state index is 0.0385. The van der Waals surface area contributed by atoms with Crippen LogP contribution >= 0.6 is 0 Å². The van der Waals surface area contributed by atoms with E-state index in [4.69, 9.17) is 14.2 Å². The first-order valence-corrected chi connectivity index (χ1v) is 30.4. The van der Waals surface area contributed by atoms with E-state index in [1.165, 1.54) is 205 Å². The zero-order valence-corrected chi connectivity index (χ0v) is 46.3. The number of likely N-dealkylation sites (tertiary alicyclic amines) is 1. The Morgan fingerprint density at radius 3 is 1.32 bits per heavy atom. The highest BCUT2D eigenvalue weighted by atomic mass is 16.5. The third-order valence-electron chi connectivity index (χ3n) is 15.5. The second-order valence-corrected chi connectivity index (χ2v) is 22.1. The van der Waals surface area contributed by atoms with Gasteiger partial charge in [-0.15, -0.1) is 0 Å². The van der Waals surface area contributed by atoms with Crippen molar-refractivity contribution in [2.75, 3.05) is 46.6 Å². The lowest BCUT2D eigenvalue weighted by Crippen LogP contribution is -2.24. The summed E-state index contributed by atoms with van der Waals surface area (Å²) in [5.74, 6) is 1.33. The topological polar surface area (TPSA) is 82.1 Å². The van der Waals surface area contributed by atoms with Crippen LogP contribution in [0.3, 0.4) is 0 Å². The third-order valence-corrected chi connectivity index (χ3v) is 15.5. The third kappa shape index (κ3) is 40.2. The molecule has 0 aromatic carbocycles. The van der Waals surface area contributed by atoms with Gasteiger partial charge in [0.25, 0.3) is 0 Å². The van der Waals surface area contributed by atoms with Crippen LogP contribution in [0.1, 0.15) is 297 Å². The molecule has 0 aromatic rings. The number of rotatable bonds is 53. The number of hydrogen-bond donors (Lipinski definition) is 0. The number of esters is 2. The van der Waals surface area contributed by atoms with Crippen molar-refractivity contribution >= 4 is 18.2 Å². The molecule has 1 aliphatic rings. The fraction of sp³-hybridized carbons (Fsp3) is 0.951. The summed E-state index contributed by atoms with van der Waals surface area (Å²) in [5, 5.41) is 0. The van der Waals surface area contributed by atoms with Gasteiger partial charge in [0.05, 0.1) is 25.7 Å². The smallest absolute Gasteiger partial charge is 0.310 e. The number of carbonyl (C=O) groups is 3. The van der Waals surface area contributed by atoms with Crippen molar-refractivity contribution in [2.24, 2.45) is 29.6 Å². The Kier molecular flexibility index (Phi) is 46.6. The highest BCUT2D eigenvalue weighted by molar-refractivity contribution is 5.73. The summed E-state index contributed by atoms with van der Waals surface area (Å²) in [4.78, 5) is 40.3. The zero-order valence-electron chi connectivity index (χ0n) is 46.3. The second kappa shape index (κ2) is 49.1.